The molecule has 2 rings (SSSR count). The van der Waals surface area contributed by atoms with Crippen LogP contribution >= 0.6 is 0 Å². The lowest BCUT2D eigenvalue weighted by molar-refractivity contribution is 0.591. The van der Waals surface area contributed by atoms with E-state index >= 15 is 0 Å². The van der Waals surface area contributed by atoms with Crippen LogP contribution in [0, 0.1) is 11.7 Å². The molecule has 6 nitrogen and oxygen atoms in total. The Morgan fingerprint density at radius 3 is 2.94 bits per heavy atom. The number of hydrogen-bond acceptors (Lipinski definition) is 6. The van der Waals surface area contributed by atoms with Gasteiger partial charge in [-0.15, -0.1) is 0 Å². The minimum absolute atomic E-state index is 0.0161. The van der Waals surface area contributed by atoms with E-state index in [4.69, 9.17) is 0 Å². The predicted octanol–water partition coefficient (Wildman–Crippen LogP) is 0.504. The van der Waals surface area contributed by atoms with E-state index in [2.05, 4.69) is 20.6 Å². The van der Waals surface area contributed by atoms with Crippen molar-refractivity contribution in [2.75, 3.05) is 35.7 Å². The Balaban J connectivity index is 1.98. The molecule has 1 aromatic heterocycles. The van der Waals surface area contributed by atoms with Crippen molar-refractivity contribution in [2.24, 2.45) is 5.92 Å². The Bertz CT molecular complexity index is 535. The lowest BCUT2D eigenvalue weighted by Gasteiger charge is -2.11. The van der Waals surface area contributed by atoms with E-state index in [0.29, 0.717) is 18.9 Å². The van der Waals surface area contributed by atoms with Crippen molar-refractivity contribution < 1.29 is 12.8 Å². The van der Waals surface area contributed by atoms with Gasteiger partial charge in [0, 0.05) is 13.6 Å². The number of anilines is 2. The minimum Gasteiger partial charge on any atom is -0.367 e. The maximum absolute atomic E-state index is 13.4. The molecule has 1 saturated heterocycles. The summed E-state index contributed by atoms with van der Waals surface area (Å²) in [5.74, 6) is 0.257. The van der Waals surface area contributed by atoms with E-state index in [1.807, 2.05) is 0 Å². The third-order valence-electron chi connectivity index (χ3n) is 2.85. The van der Waals surface area contributed by atoms with Crippen molar-refractivity contribution in [2.45, 2.75) is 6.42 Å². The van der Waals surface area contributed by atoms with Crippen molar-refractivity contribution in [3.05, 3.63) is 12.0 Å². The molecule has 1 aliphatic rings. The van der Waals surface area contributed by atoms with E-state index in [1.165, 1.54) is 0 Å². The molecule has 8 heteroatoms. The summed E-state index contributed by atoms with van der Waals surface area (Å²) in [6.07, 6.45) is 1.69. The number of nitrogens with one attached hydrogen (secondary N) is 2. The van der Waals surface area contributed by atoms with E-state index in [0.717, 1.165) is 6.20 Å². The van der Waals surface area contributed by atoms with Gasteiger partial charge in [-0.1, -0.05) is 0 Å². The van der Waals surface area contributed by atoms with Gasteiger partial charge in [0.05, 0.1) is 17.7 Å². The molecule has 2 heterocycles. The van der Waals surface area contributed by atoms with Crippen LogP contribution < -0.4 is 10.6 Å². The zero-order chi connectivity index (χ0) is 13.2. The first-order valence-corrected chi connectivity index (χ1v) is 7.47. The van der Waals surface area contributed by atoms with Crippen LogP contribution in [0.4, 0.5) is 16.2 Å². The fraction of sp³-hybridized carbons (Fsp3) is 0.600. The summed E-state index contributed by atoms with van der Waals surface area (Å²) in [5, 5.41) is 5.55. The van der Waals surface area contributed by atoms with Crippen molar-refractivity contribution in [3.8, 4) is 0 Å². The maximum atomic E-state index is 13.4. The number of halogens is 1. The van der Waals surface area contributed by atoms with E-state index in [1.54, 1.807) is 7.05 Å². The fourth-order valence-corrected chi connectivity index (χ4v) is 3.75. The van der Waals surface area contributed by atoms with E-state index < -0.39 is 15.7 Å². The fourth-order valence-electron chi connectivity index (χ4n) is 1.89. The van der Waals surface area contributed by atoms with Gasteiger partial charge in [-0.25, -0.2) is 17.8 Å². The van der Waals surface area contributed by atoms with Crippen molar-refractivity contribution >= 4 is 21.6 Å². The molecule has 18 heavy (non-hydrogen) atoms. The van der Waals surface area contributed by atoms with Gasteiger partial charge < -0.3 is 10.6 Å². The molecule has 1 atom stereocenters. The Morgan fingerprint density at radius 2 is 2.33 bits per heavy atom. The Kier molecular flexibility index (Phi) is 3.65. The third-order valence-corrected chi connectivity index (χ3v) is 4.69. The summed E-state index contributed by atoms with van der Waals surface area (Å²) in [4.78, 5) is 7.66. The molecule has 0 amide bonds. The summed E-state index contributed by atoms with van der Waals surface area (Å²) < 4.78 is 36.0. The molecule has 0 bridgehead atoms. The quantitative estimate of drug-likeness (QED) is 0.832. The SMILES string of the molecule is CNc1ncc(F)c(NCC2CCS(=O)(=O)C2)n1. The van der Waals surface area contributed by atoms with Crippen molar-refractivity contribution in [1.29, 1.82) is 0 Å². The van der Waals surface area contributed by atoms with Gasteiger partial charge in [0.2, 0.25) is 5.95 Å². The summed E-state index contributed by atoms with van der Waals surface area (Å²) in [5.41, 5.74) is 0. The number of hydrogen-bond donors (Lipinski definition) is 2. The Labute approximate surface area is 105 Å². The number of sulfone groups is 1. The van der Waals surface area contributed by atoms with Crippen LogP contribution in [0.25, 0.3) is 0 Å². The zero-order valence-corrected chi connectivity index (χ0v) is 10.8. The van der Waals surface area contributed by atoms with Crippen LogP contribution in [-0.4, -0.2) is 43.5 Å². The van der Waals surface area contributed by atoms with Crippen LogP contribution in [-0.2, 0) is 9.84 Å². The molecule has 1 aromatic rings. The smallest absolute Gasteiger partial charge is 0.224 e. The molecular weight excluding hydrogens is 259 g/mol. The van der Waals surface area contributed by atoms with Crippen LogP contribution in [0.3, 0.4) is 0 Å². The maximum Gasteiger partial charge on any atom is 0.224 e. The summed E-state index contributed by atoms with van der Waals surface area (Å²) in [6, 6.07) is 0. The second kappa shape index (κ2) is 5.05. The predicted molar refractivity (Wildman–Crippen MR) is 66.8 cm³/mol. The Morgan fingerprint density at radius 1 is 1.56 bits per heavy atom. The number of nitrogens with zero attached hydrogens (tertiary/aromatic N) is 2. The molecule has 0 spiro atoms. The first kappa shape index (κ1) is 13.0. The molecule has 0 saturated carbocycles. The molecule has 0 aromatic carbocycles. The highest BCUT2D eigenvalue weighted by Crippen LogP contribution is 2.19. The van der Waals surface area contributed by atoms with Gasteiger partial charge in [-0.05, 0) is 12.3 Å². The van der Waals surface area contributed by atoms with Gasteiger partial charge in [-0.3, -0.25) is 0 Å². The van der Waals surface area contributed by atoms with Gasteiger partial charge in [0.1, 0.15) is 0 Å². The molecule has 0 radical (unpaired) electrons. The molecule has 0 aliphatic carbocycles. The van der Waals surface area contributed by atoms with Gasteiger partial charge in [0.25, 0.3) is 0 Å². The molecule has 2 N–H and O–H groups in total. The second-order valence-corrected chi connectivity index (χ2v) is 6.52. The average molecular weight is 274 g/mol. The van der Waals surface area contributed by atoms with E-state index in [-0.39, 0.29) is 23.2 Å². The van der Waals surface area contributed by atoms with Crippen molar-refractivity contribution in [1.82, 2.24) is 9.97 Å². The normalized spacial score (nSPS) is 21.8. The van der Waals surface area contributed by atoms with Crippen LogP contribution in [0.1, 0.15) is 6.42 Å². The first-order valence-electron chi connectivity index (χ1n) is 5.65. The van der Waals surface area contributed by atoms with E-state index in [9.17, 15) is 12.8 Å². The van der Waals surface area contributed by atoms with Gasteiger partial charge in [0.15, 0.2) is 21.5 Å². The molecule has 1 unspecified atom stereocenters. The summed E-state index contributed by atoms with van der Waals surface area (Å²) in [7, 11) is -1.26. The highest BCUT2D eigenvalue weighted by molar-refractivity contribution is 7.91. The third kappa shape index (κ3) is 3.06. The molecule has 100 valence electrons. The van der Waals surface area contributed by atoms with Crippen molar-refractivity contribution in [3.63, 3.8) is 0 Å². The highest BCUT2D eigenvalue weighted by Gasteiger charge is 2.27. The highest BCUT2D eigenvalue weighted by atomic mass is 32.2. The minimum atomic E-state index is -2.90. The van der Waals surface area contributed by atoms with Crippen LogP contribution in [0.5, 0.6) is 0 Å². The standard InChI is InChI=1S/C10H15FN4O2S/c1-12-10-14-5-8(11)9(15-10)13-4-7-2-3-18(16,17)6-7/h5,7H,2-4,6H2,1H3,(H2,12,13,14,15). The van der Waals surface area contributed by atoms with Crippen LogP contribution in [0.2, 0.25) is 0 Å². The number of rotatable bonds is 4. The topological polar surface area (TPSA) is 84.0 Å². The first-order chi connectivity index (χ1) is 8.50. The monoisotopic (exact) mass is 274 g/mol. The van der Waals surface area contributed by atoms with Gasteiger partial charge >= 0.3 is 0 Å². The lowest BCUT2D eigenvalue weighted by atomic mass is 10.1. The lowest BCUT2D eigenvalue weighted by Crippen LogP contribution is -2.17. The number of aromatic nitrogens is 2. The second-order valence-electron chi connectivity index (χ2n) is 4.29. The van der Waals surface area contributed by atoms with Crippen LogP contribution in [0.15, 0.2) is 6.20 Å². The molecule has 1 aliphatic heterocycles. The largest absolute Gasteiger partial charge is 0.367 e. The Hall–Kier alpha value is -1.44. The summed E-state index contributed by atoms with van der Waals surface area (Å²) >= 11 is 0. The average Bonchev–Trinajstić information content (AvgIpc) is 2.68. The van der Waals surface area contributed by atoms with Gasteiger partial charge in [-0.2, -0.15) is 4.98 Å². The molecular formula is C10H15FN4O2S. The molecule has 1 fully saturated rings. The summed E-state index contributed by atoms with van der Waals surface area (Å²) in [6.45, 7) is 0.399. The zero-order valence-electron chi connectivity index (χ0n) is 9.98.